The minimum absolute atomic E-state index is 0.0844. The van der Waals surface area contributed by atoms with E-state index in [0.717, 1.165) is 48.6 Å². The van der Waals surface area contributed by atoms with Crippen LogP contribution in [0.4, 0.5) is 5.82 Å². The summed E-state index contributed by atoms with van der Waals surface area (Å²) in [6.45, 7) is 8.19. The van der Waals surface area contributed by atoms with Crippen LogP contribution in [-0.2, 0) is 9.53 Å². The Morgan fingerprint density at radius 1 is 1.27 bits per heavy atom. The molecule has 1 aliphatic rings. The van der Waals surface area contributed by atoms with Gasteiger partial charge in [0.2, 0.25) is 0 Å². The number of carbonyl (C=O) groups is 1. The van der Waals surface area contributed by atoms with Crippen molar-refractivity contribution in [2.75, 3.05) is 24.6 Å². The number of esters is 1. The van der Waals surface area contributed by atoms with Gasteiger partial charge in [-0.05, 0) is 51.7 Å². The summed E-state index contributed by atoms with van der Waals surface area (Å²) >= 11 is 0. The lowest BCUT2D eigenvalue weighted by atomic mass is 9.93. The Morgan fingerprint density at radius 3 is 2.69 bits per heavy atom. The lowest BCUT2D eigenvalue weighted by Crippen LogP contribution is -2.35. The van der Waals surface area contributed by atoms with Crippen molar-refractivity contribution in [2.24, 2.45) is 5.92 Å². The van der Waals surface area contributed by atoms with Crippen LogP contribution in [0.25, 0.3) is 11.4 Å². The second-order valence-corrected chi connectivity index (χ2v) is 6.76. The van der Waals surface area contributed by atoms with Crippen molar-refractivity contribution in [3.8, 4) is 11.4 Å². The third-order valence-electron chi connectivity index (χ3n) is 4.96. The molecule has 0 spiro atoms. The molecule has 1 fully saturated rings. The fourth-order valence-corrected chi connectivity index (χ4v) is 3.35. The van der Waals surface area contributed by atoms with Crippen LogP contribution in [0, 0.1) is 19.8 Å². The van der Waals surface area contributed by atoms with Crippen LogP contribution in [0.1, 0.15) is 37.4 Å². The summed E-state index contributed by atoms with van der Waals surface area (Å²) < 4.78 is 5.08. The number of nitrogens with zero attached hydrogens (tertiary/aromatic N) is 4. The van der Waals surface area contributed by atoms with Crippen LogP contribution in [-0.4, -0.2) is 40.6 Å². The van der Waals surface area contributed by atoms with E-state index < -0.39 is 0 Å². The molecule has 2 aromatic heterocycles. The standard InChI is InChI=1S/C20H26N4O2/c1-4-26-18(25)12-16-7-10-24(11-8-16)20-14(2)15(3)22-19(23-20)17-6-5-9-21-13-17/h5-6,9,13,16H,4,7-8,10-12H2,1-3H3. The van der Waals surface area contributed by atoms with E-state index in [-0.39, 0.29) is 5.97 Å². The zero-order valence-corrected chi connectivity index (χ0v) is 15.7. The van der Waals surface area contributed by atoms with Gasteiger partial charge in [-0.1, -0.05) is 0 Å². The number of hydrogen-bond acceptors (Lipinski definition) is 6. The Labute approximate surface area is 154 Å². The van der Waals surface area contributed by atoms with Gasteiger partial charge in [0.25, 0.3) is 0 Å². The first kappa shape index (κ1) is 18.3. The molecule has 0 saturated carbocycles. The Kier molecular flexibility index (Phi) is 5.81. The number of carbonyl (C=O) groups excluding carboxylic acids is 1. The lowest BCUT2D eigenvalue weighted by molar-refractivity contribution is -0.144. The Balaban J connectivity index is 1.74. The van der Waals surface area contributed by atoms with Crippen LogP contribution in [0.3, 0.4) is 0 Å². The molecule has 138 valence electrons. The molecular weight excluding hydrogens is 328 g/mol. The van der Waals surface area contributed by atoms with Crippen molar-refractivity contribution in [3.05, 3.63) is 35.8 Å². The van der Waals surface area contributed by atoms with Crippen LogP contribution >= 0.6 is 0 Å². The van der Waals surface area contributed by atoms with Crippen LogP contribution in [0.15, 0.2) is 24.5 Å². The van der Waals surface area contributed by atoms with Gasteiger partial charge in [-0.15, -0.1) is 0 Å². The molecule has 0 aliphatic carbocycles. The van der Waals surface area contributed by atoms with E-state index in [2.05, 4.69) is 21.8 Å². The highest BCUT2D eigenvalue weighted by Crippen LogP contribution is 2.29. The minimum atomic E-state index is -0.0844. The fraction of sp³-hybridized carbons (Fsp3) is 0.500. The first-order valence-corrected chi connectivity index (χ1v) is 9.24. The van der Waals surface area contributed by atoms with Crippen LogP contribution < -0.4 is 4.90 Å². The van der Waals surface area contributed by atoms with Gasteiger partial charge in [0.1, 0.15) is 5.82 Å². The fourth-order valence-electron chi connectivity index (χ4n) is 3.35. The molecule has 3 heterocycles. The molecule has 6 nitrogen and oxygen atoms in total. The van der Waals surface area contributed by atoms with Crippen molar-refractivity contribution in [2.45, 2.75) is 40.0 Å². The lowest BCUT2D eigenvalue weighted by Gasteiger charge is -2.33. The summed E-state index contributed by atoms with van der Waals surface area (Å²) in [5, 5.41) is 0. The van der Waals surface area contributed by atoms with Gasteiger partial charge in [-0.2, -0.15) is 0 Å². The van der Waals surface area contributed by atoms with Gasteiger partial charge in [0.15, 0.2) is 5.82 Å². The molecule has 0 bridgehead atoms. The molecular formula is C20H26N4O2. The Bertz CT molecular complexity index is 756. The van der Waals surface area contributed by atoms with Crippen molar-refractivity contribution < 1.29 is 9.53 Å². The van der Waals surface area contributed by atoms with Gasteiger partial charge >= 0.3 is 5.97 Å². The van der Waals surface area contributed by atoms with Gasteiger partial charge in [-0.3, -0.25) is 9.78 Å². The number of aryl methyl sites for hydroxylation is 1. The molecule has 26 heavy (non-hydrogen) atoms. The Hall–Kier alpha value is -2.50. The largest absolute Gasteiger partial charge is 0.466 e. The maximum Gasteiger partial charge on any atom is 0.306 e. The summed E-state index contributed by atoms with van der Waals surface area (Å²) in [4.78, 5) is 27.6. The smallest absolute Gasteiger partial charge is 0.306 e. The van der Waals surface area contributed by atoms with Crippen molar-refractivity contribution in [3.63, 3.8) is 0 Å². The second-order valence-electron chi connectivity index (χ2n) is 6.76. The third kappa shape index (κ3) is 4.18. The molecule has 0 unspecified atom stereocenters. The topological polar surface area (TPSA) is 68.2 Å². The first-order chi connectivity index (χ1) is 12.6. The number of aromatic nitrogens is 3. The summed E-state index contributed by atoms with van der Waals surface area (Å²) in [5.74, 6) is 2.01. The van der Waals surface area contributed by atoms with Gasteiger partial charge < -0.3 is 9.64 Å². The zero-order chi connectivity index (χ0) is 18.5. The van der Waals surface area contributed by atoms with Gasteiger partial charge in [0, 0.05) is 48.7 Å². The molecule has 0 radical (unpaired) electrons. The van der Waals surface area contributed by atoms with E-state index in [0.29, 0.717) is 24.8 Å². The highest BCUT2D eigenvalue weighted by Gasteiger charge is 2.24. The molecule has 3 rings (SSSR count). The monoisotopic (exact) mass is 354 g/mol. The zero-order valence-electron chi connectivity index (χ0n) is 15.7. The van der Waals surface area contributed by atoms with E-state index in [4.69, 9.17) is 9.72 Å². The highest BCUT2D eigenvalue weighted by atomic mass is 16.5. The third-order valence-corrected chi connectivity index (χ3v) is 4.96. The molecule has 2 aromatic rings. The summed E-state index contributed by atoms with van der Waals surface area (Å²) in [7, 11) is 0. The van der Waals surface area contributed by atoms with Gasteiger partial charge in [0.05, 0.1) is 6.61 Å². The summed E-state index contributed by atoms with van der Waals surface area (Å²) in [5.41, 5.74) is 3.03. The maximum absolute atomic E-state index is 11.7. The summed E-state index contributed by atoms with van der Waals surface area (Å²) in [6, 6.07) is 3.88. The predicted molar refractivity (Wildman–Crippen MR) is 101 cm³/mol. The minimum Gasteiger partial charge on any atom is -0.466 e. The van der Waals surface area contributed by atoms with Crippen molar-refractivity contribution in [1.82, 2.24) is 15.0 Å². The first-order valence-electron chi connectivity index (χ1n) is 9.24. The normalized spacial score (nSPS) is 15.1. The van der Waals surface area contributed by atoms with E-state index in [1.165, 1.54) is 0 Å². The molecule has 1 aliphatic heterocycles. The quantitative estimate of drug-likeness (QED) is 0.767. The predicted octanol–water partition coefficient (Wildman–Crippen LogP) is 3.33. The van der Waals surface area contributed by atoms with Crippen molar-refractivity contribution in [1.29, 1.82) is 0 Å². The van der Waals surface area contributed by atoms with Gasteiger partial charge in [-0.25, -0.2) is 9.97 Å². The van der Waals surface area contributed by atoms with E-state index in [9.17, 15) is 4.79 Å². The second kappa shape index (κ2) is 8.25. The van der Waals surface area contributed by atoms with E-state index >= 15 is 0 Å². The van der Waals surface area contributed by atoms with Crippen LogP contribution in [0.5, 0.6) is 0 Å². The number of pyridine rings is 1. The van der Waals surface area contributed by atoms with Crippen LogP contribution in [0.2, 0.25) is 0 Å². The SMILES string of the molecule is CCOC(=O)CC1CCN(c2nc(-c3cccnc3)nc(C)c2C)CC1. The molecule has 0 atom stereocenters. The van der Waals surface area contributed by atoms with Crippen molar-refractivity contribution >= 4 is 11.8 Å². The molecule has 0 amide bonds. The summed E-state index contributed by atoms with van der Waals surface area (Å²) in [6.07, 6.45) is 6.01. The average molecular weight is 354 g/mol. The number of anilines is 1. The Morgan fingerprint density at radius 2 is 2.04 bits per heavy atom. The highest BCUT2D eigenvalue weighted by molar-refractivity contribution is 5.69. The van der Waals surface area contributed by atoms with E-state index in [1.807, 2.05) is 26.0 Å². The van der Waals surface area contributed by atoms with E-state index in [1.54, 1.807) is 12.4 Å². The average Bonchev–Trinajstić information content (AvgIpc) is 2.65. The number of hydrogen-bond donors (Lipinski definition) is 0. The molecule has 0 aromatic carbocycles. The number of piperidine rings is 1. The molecule has 6 heteroatoms. The number of rotatable bonds is 5. The maximum atomic E-state index is 11.7. The number of ether oxygens (including phenoxy) is 1. The molecule has 1 saturated heterocycles. The molecule has 0 N–H and O–H groups in total.